The summed E-state index contributed by atoms with van der Waals surface area (Å²) in [4.78, 5) is 11.3. The number of thiophene rings is 1. The van der Waals surface area contributed by atoms with Crippen LogP contribution in [0, 0.1) is 0 Å². The van der Waals surface area contributed by atoms with Gasteiger partial charge in [0.25, 0.3) is 0 Å². The van der Waals surface area contributed by atoms with Crippen molar-refractivity contribution in [3.05, 3.63) is 76.1 Å². The average molecular weight is 375 g/mol. The summed E-state index contributed by atoms with van der Waals surface area (Å²) in [5, 5.41) is 0.694. The second-order valence-corrected chi connectivity index (χ2v) is 7.87. The minimum absolute atomic E-state index is 0.694. The third kappa shape index (κ3) is 2.64. The zero-order valence-corrected chi connectivity index (χ0v) is 15.5. The molecule has 2 aromatic heterocycles. The normalized spacial score (nSPS) is 13.1. The van der Waals surface area contributed by atoms with Crippen LogP contribution >= 0.6 is 22.9 Å². The molecule has 126 valence electrons. The van der Waals surface area contributed by atoms with E-state index in [0.717, 1.165) is 41.0 Å². The largest absolute Gasteiger partial charge is 0.226 e. The molecule has 4 aromatic rings. The van der Waals surface area contributed by atoms with Gasteiger partial charge >= 0.3 is 0 Å². The molecule has 0 aliphatic heterocycles. The highest BCUT2D eigenvalue weighted by Gasteiger charge is 2.20. The van der Waals surface area contributed by atoms with E-state index in [1.807, 2.05) is 41.7 Å². The summed E-state index contributed by atoms with van der Waals surface area (Å²) < 4.78 is 1.17. The molecule has 0 spiro atoms. The topological polar surface area (TPSA) is 25.8 Å². The van der Waals surface area contributed by atoms with Gasteiger partial charge in [0.15, 0.2) is 5.82 Å². The lowest BCUT2D eigenvalue weighted by Crippen LogP contribution is -1.95. The van der Waals surface area contributed by atoms with Crippen LogP contribution in [0.15, 0.2) is 60.7 Å². The fourth-order valence-corrected chi connectivity index (χ4v) is 4.81. The Hall–Kier alpha value is -2.49. The van der Waals surface area contributed by atoms with E-state index < -0.39 is 0 Å². The first-order valence-electron chi connectivity index (χ1n) is 8.61. The number of nitrogens with zero attached hydrogens (tertiary/aromatic N) is 2. The molecule has 4 heteroatoms. The van der Waals surface area contributed by atoms with Crippen molar-refractivity contribution in [2.45, 2.75) is 12.8 Å². The molecule has 0 amide bonds. The maximum absolute atomic E-state index is 6.20. The highest BCUT2D eigenvalue weighted by molar-refractivity contribution is 7.19. The van der Waals surface area contributed by atoms with Crippen LogP contribution in [-0.2, 0) is 6.42 Å². The molecule has 0 atom stereocenters. The van der Waals surface area contributed by atoms with Crippen molar-refractivity contribution < 1.29 is 0 Å². The Balaban J connectivity index is 1.84. The summed E-state index contributed by atoms with van der Waals surface area (Å²) in [5.41, 5.74) is 5.35. The van der Waals surface area contributed by atoms with Crippen molar-refractivity contribution in [3.63, 3.8) is 0 Å². The third-order valence-corrected chi connectivity index (χ3v) is 6.10. The predicted molar refractivity (Wildman–Crippen MR) is 111 cm³/mol. The summed E-state index contributed by atoms with van der Waals surface area (Å²) in [5.74, 6) is 0.721. The van der Waals surface area contributed by atoms with Crippen molar-refractivity contribution in [3.8, 4) is 22.6 Å². The van der Waals surface area contributed by atoms with E-state index in [9.17, 15) is 0 Å². The molecule has 0 radical (unpaired) electrons. The van der Waals surface area contributed by atoms with Crippen LogP contribution < -0.4 is 0 Å². The number of aryl methyl sites for hydroxylation is 1. The quantitative estimate of drug-likeness (QED) is 0.393. The Labute approximate surface area is 160 Å². The molecule has 0 N–H and O–H groups in total. The van der Waals surface area contributed by atoms with E-state index in [0.29, 0.717) is 5.02 Å². The zero-order valence-electron chi connectivity index (χ0n) is 13.9. The SMILES string of the molecule is Clc1cccc(-c2nc(-c3ccccc3)c3sc4c(c3n2)C=CCC4)c1. The molecule has 2 aromatic carbocycles. The molecule has 1 aliphatic carbocycles. The number of halogens is 1. The molecule has 0 unspecified atom stereocenters. The number of fused-ring (bicyclic) bond motifs is 3. The van der Waals surface area contributed by atoms with Crippen molar-refractivity contribution in [1.82, 2.24) is 9.97 Å². The van der Waals surface area contributed by atoms with Crippen LogP contribution in [-0.4, -0.2) is 9.97 Å². The molecule has 2 nitrogen and oxygen atoms in total. The van der Waals surface area contributed by atoms with Gasteiger partial charge in [-0.3, -0.25) is 0 Å². The molecule has 5 rings (SSSR count). The Morgan fingerprint density at radius 1 is 0.923 bits per heavy atom. The fraction of sp³-hybridized carbons (Fsp3) is 0.0909. The third-order valence-electron chi connectivity index (χ3n) is 4.60. The van der Waals surface area contributed by atoms with Crippen LogP contribution in [0.4, 0.5) is 0 Å². The maximum atomic E-state index is 6.20. The Morgan fingerprint density at radius 3 is 2.62 bits per heavy atom. The molecular formula is C22H15ClN2S. The lowest BCUT2D eigenvalue weighted by Gasteiger charge is -2.08. The first-order valence-corrected chi connectivity index (χ1v) is 9.80. The Morgan fingerprint density at radius 2 is 1.77 bits per heavy atom. The van der Waals surface area contributed by atoms with Crippen LogP contribution in [0.25, 0.3) is 38.9 Å². The van der Waals surface area contributed by atoms with Crippen molar-refractivity contribution in [2.24, 2.45) is 0 Å². The van der Waals surface area contributed by atoms with E-state index in [2.05, 4.69) is 36.4 Å². The van der Waals surface area contributed by atoms with Crippen LogP contribution in [0.1, 0.15) is 16.9 Å². The Kier molecular flexibility index (Phi) is 3.84. The number of aromatic nitrogens is 2. The summed E-state index contributed by atoms with van der Waals surface area (Å²) in [6, 6.07) is 18.1. The standard InChI is InChI=1S/C22H15ClN2S/c23-16-10-6-9-15(13-16)22-24-19(14-7-2-1-3-8-14)21-20(25-22)17-11-4-5-12-18(17)26-21/h1-4,6-11,13H,5,12H2. The monoisotopic (exact) mass is 374 g/mol. The second-order valence-electron chi connectivity index (χ2n) is 6.33. The number of rotatable bonds is 2. The van der Waals surface area contributed by atoms with Gasteiger partial charge in [0.05, 0.1) is 15.9 Å². The molecule has 0 saturated heterocycles. The lowest BCUT2D eigenvalue weighted by molar-refractivity contribution is 1.01. The van der Waals surface area contributed by atoms with Crippen molar-refractivity contribution in [1.29, 1.82) is 0 Å². The molecule has 0 fully saturated rings. The first kappa shape index (κ1) is 15.7. The molecule has 26 heavy (non-hydrogen) atoms. The number of hydrogen-bond donors (Lipinski definition) is 0. The van der Waals surface area contributed by atoms with Gasteiger partial charge in [-0.1, -0.05) is 66.2 Å². The van der Waals surface area contributed by atoms with Crippen LogP contribution in [0.3, 0.4) is 0 Å². The Bertz CT molecular complexity index is 1150. The summed E-state index contributed by atoms with van der Waals surface area (Å²) in [6.07, 6.45) is 6.61. The predicted octanol–water partition coefficient (Wildman–Crippen LogP) is 6.64. The fourth-order valence-electron chi connectivity index (χ4n) is 3.36. The highest BCUT2D eigenvalue weighted by atomic mass is 35.5. The van der Waals surface area contributed by atoms with Gasteiger partial charge in [-0.25, -0.2) is 9.97 Å². The van der Waals surface area contributed by atoms with Gasteiger partial charge in [0, 0.05) is 26.6 Å². The summed E-state index contributed by atoms with van der Waals surface area (Å²) >= 11 is 8.03. The average Bonchev–Trinajstić information content (AvgIpc) is 3.06. The molecule has 1 aliphatic rings. The van der Waals surface area contributed by atoms with Gasteiger partial charge in [-0.15, -0.1) is 11.3 Å². The molecule has 0 saturated carbocycles. The zero-order chi connectivity index (χ0) is 17.5. The van der Waals surface area contributed by atoms with Crippen LogP contribution in [0.2, 0.25) is 5.02 Å². The van der Waals surface area contributed by atoms with E-state index in [4.69, 9.17) is 21.6 Å². The number of allylic oxidation sites excluding steroid dienone is 1. The van der Waals surface area contributed by atoms with Crippen molar-refractivity contribution in [2.75, 3.05) is 0 Å². The molecule has 0 bridgehead atoms. The smallest absolute Gasteiger partial charge is 0.160 e. The number of hydrogen-bond acceptors (Lipinski definition) is 3. The second kappa shape index (κ2) is 6.35. The van der Waals surface area contributed by atoms with Gasteiger partial charge in [0.2, 0.25) is 0 Å². The van der Waals surface area contributed by atoms with Gasteiger partial charge in [0.1, 0.15) is 0 Å². The van der Waals surface area contributed by atoms with E-state index in [-0.39, 0.29) is 0 Å². The number of benzene rings is 2. The van der Waals surface area contributed by atoms with Gasteiger partial charge in [-0.2, -0.15) is 0 Å². The minimum atomic E-state index is 0.694. The highest BCUT2D eigenvalue weighted by Crippen LogP contribution is 2.40. The summed E-state index contributed by atoms with van der Waals surface area (Å²) in [7, 11) is 0. The molecule has 2 heterocycles. The van der Waals surface area contributed by atoms with Gasteiger partial charge in [-0.05, 0) is 25.0 Å². The van der Waals surface area contributed by atoms with E-state index in [1.165, 1.54) is 15.1 Å². The first-order chi connectivity index (χ1) is 12.8. The van der Waals surface area contributed by atoms with Crippen molar-refractivity contribution >= 4 is 39.2 Å². The summed E-state index contributed by atoms with van der Waals surface area (Å²) in [6.45, 7) is 0. The van der Waals surface area contributed by atoms with Gasteiger partial charge < -0.3 is 0 Å². The minimum Gasteiger partial charge on any atom is -0.226 e. The maximum Gasteiger partial charge on any atom is 0.160 e. The van der Waals surface area contributed by atoms with Crippen LogP contribution in [0.5, 0.6) is 0 Å². The lowest BCUT2D eigenvalue weighted by atomic mass is 10.0. The molecular weight excluding hydrogens is 360 g/mol. The van der Waals surface area contributed by atoms with E-state index >= 15 is 0 Å². The van der Waals surface area contributed by atoms with E-state index in [1.54, 1.807) is 0 Å².